The third-order valence-electron chi connectivity index (χ3n) is 2.87. The van der Waals surface area contributed by atoms with Crippen molar-refractivity contribution < 1.29 is 14.3 Å². The van der Waals surface area contributed by atoms with Gasteiger partial charge in [0.25, 0.3) is 0 Å². The van der Waals surface area contributed by atoms with E-state index in [4.69, 9.17) is 4.74 Å². The van der Waals surface area contributed by atoms with Crippen molar-refractivity contribution in [1.29, 1.82) is 0 Å². The van der Waals surface area contributed by atoms with Crippen molar-refractivity contribution in [2.75, 3.05) is 39.8 Å². The molecule has 1 saturated heterocycles. The van der Waals surface area contributed by atoms with E-state index in [1.807, 2.05) is 6.92 Å². The topological polar surface area (TPSA) is 70.7 Å². The minimum absolute atomic E-state index is 0. The van der Waals surface area contributed by atoms with Crippen molar-refractivity contribution in [2.24, 2.45) is 0 Å². The van der Waals surface area contributed by atoms with Gasteiger partial charge < -0.3 is 20.3 Å². The van der Waals surface area contributed by atoms with Crippen LogP contribution >= 0.6 is 12.4 Å². The first-order valence-corrected chi connectivity index (χ1v) is 6.48. The number of rotatable bonds is 6. The van der Waals surface area contributed by atoms with Crippen LogP contribution in [0.3, 0.4) is 0 Å². The van der Waals surface area contributed by atoms with Crippen molar-refractivity contribution in [3.63, 3.8) is 0 Å². The summed E-state index contributed by atoms with van der Waals surface area (Å²) >= 11 is 0. The van der Waals surface area contributed by atoms with Crippen molar-refractivity contribution in [2.45, 2.75) is 25.9 Å². The highest BCUT2D eigenvalue weighted by Gasteiger charge is 2.22. The average Bonchev–Trinajstić information content (AvgIpc) is 2.39. The Hall–Kier alpha value is -0.850. The fourth-order valence-electron chi connectivity index (χ4n) is 1.89. The van der Waals surface area contributed by atoms with Gasteiger partial charge in [-0.2, -0.15) is 0 Å². The first kappa shape index (κ1) is 18.1. The number of carbonyl (C=O) groups is 2. The van der Waals surface area contributed by atoms with E-state index < -0.39 is 0 Å². The molecule has 19 heavy (non-hydrogen) atoms. The molecule has 0 spiro atoms. The monoisotopic (exact) mass is 293 g/mol. The fraction of sp³-hybridized carbons (Fsp3) is 0.833. The van der Waals surface area contributed by atoms with Crippen LogP contribution in [0.4, 0.5) is 0 Å². The maximum Gasteiger partial charge on any atom is 0.239 e. The predicted octanol–water partition coefficient (Wildman–Crippen LogP) is -0.229. The molecule has 112 valence electrons. The number of nitrogens with one attached hydrogen (secondary N) is 2. The highest BCUT2D eigenvalue weighted by Crippen LogP contribution is 2.05. The lowest BCUT2D eigenvalue weighted by Crippen LogP contribution is -2.45. The van der Waals surface area contributed by atoms with Crippen molar-refractivity contribution in [1.82, 2.24) is 15.5 Å². The highest BCUT2D eigenvalue weighted by atomic mass is 35.5. The summed E-state index contributed by atoms with van der Waals surface area (Å²) in [7, 11) is 1.57. The zero-order valence-corrected chi connectivity index (χ0v) is 12.4. The molecule has 1 atom stereocenters. The van der Waals surface area contributed by atoms with Gasteiger partial charge in [0, 0.05) is 26.7 Å². The molecular weight excluding hydrogens is 270 g/mol. The lowest BCUT2D eigenvalue weighted by molar-refractivity contribution is -0.138. The molecule has 0 aromatic rings. The Balaban J connectivity index is 0.00000324. The van der Waals surface area contributed by atoms with Crippen LogP contribution in [-0.2, 0) is 14.3 Å². The Morgan fingerprint density at radius 2 is 2.21 bits per heavy atom. The lowest BCUT2D eigenvalue weighted by Gasteiger charge is -2.27. The lowest BCUT2D eigenvalue weighted by atomic mass is 10.2. The van der Waals surface area contributed by atoms with E-state index in [9.17, 15) is 9.59 Å². The molecule has 1 aliphatic heterocycles. The average molecular weight is 294 g/mol. The first-order valence-electron chi connectivity index (χ1n) is 6.48. The molecule has 1 unspecified atom stereocenters. The summed E-state index contributed by atoms with van der Waals surface area (Å²) in [6, 6.07) is 0. The van der Waals surface area contributed by atoms with E-state index in [2.05, 4.69) is 10.6 Å². The number of hydrogen-bond acceptors (Lipinski definition) is 4. The summed E-state index contributed by atoms with van der Waals surface area (Å²) in [5, 5.41) is 5.72. The number of carbonyl (C=O) groups excluding carboxylic acids is 2. The standard InChI is InChI=1S/C12H23N3O3.ClH/c1-3-5-15(9-11(16)13-2)12(17)7-10-8-14-4-6-18-10;/h10,14H,3-9H2,1-2H3,(H,13,16);1H. The molecule has 2 amide bonds. The molecule has 0 aromatic heterocycles. The third kappa shape index (κ3) is 6.75. The molecule has 0 radical (unpaired) electrons. The highest BCUT2D eigenvalue weighted by molar-refractivity contribution is 5.85. The Labute approximate surface area is 120 Å². The Bertz CT molecular complexity index is 283. The molecule has 2 N–H and O–H groups in total. The van der Waals surface area contributed by atoms with Crippen LogP contribution in [0.1, 0.15) is 19.8 Å². The molecule has 1 aliphatic rings. The minimum atomic E-state index is -0.139. The second-order valence-corrected chi connectivity index (χ2v) is 4.39. The molecule has 1 rings (SSSR count). The second kappa shape index (κ2) is 10.00. The van der Waals surface area contributed by atoms with Crippen LogP contribution in [0.15, 0.2) is 0 Å². The van der Waals surface area contributed by atoms with Gasteiger partial charge in [0.15, 0.2) is 0 Å². The van der Waals surface area contributed by atoms with Gasteiger partial charge in [-0.15, -0.1) is 12.4 Å². The van der Waals surface area contributed by atoms with Crippen molar-refractivity contribution in [3.05, 3.63) is 0 Å². The molecule has 0 saturated carbocycles. The van der Waals surface area contributed by atoms with Gasteiger partial charge in [0.1, 0.15) is 0 Å². The number of halogens is 1. The maximum atomic E-state index is 12.1. The Morgan fingerprint density at radius 3 is 2.74 bits per heavy atom. The van der Waals surface area contributed by atoms with Gasteiger partial charge in [-0.25, -0.2) is 0 Å². The van der Waals surface area contributed by atoms with E-state index in [0.29, 0.717) is 26.1 Å². The SMILES string of the molecule is CCCN(CC(=O)NC)C(=O)CC1CNCCO1.Cl. The summed E-state index contributed by atoms with van der Waals surface area (Å²) in [6.07, 6.45) is 1.10. The Kier molecular flexibility index (Phi) is 9.55. The number of hydrogen-bond donors (Lipinski definition) is 2. The van der Waals surface area contributed by atoms with Crippen LogP contribution in [0.2, 0.25) is 0 Å². The zero-order valence-electron chi connectivity index (χ0n) is 11.6. The van der Waals surface area contributed by atoms with E-state index in [1.165, 1.54) is 0 Å². The van der Waals surface area contributed by atoms with Gasteiger partial charge in [-0.3, -0.25) is 9.59 Å². The molecule has 1 fully saturated rings. The van der Waals surface area contributed by atoms with Gasteiger partial charge in [-0.1, -0.05) is 6.92 Å². The van der Waals surface area contributed by atoms with Crippen LogP contribution in [-0.4, -0.2) is 62.7 Å². The van der Waals surface area contributed by atoms with Gasteiger partial charge >= 0.3 is 0 Å². The molecule has 6 nitrogen and oxygen atoms in total. The minimum Gasteiger partial charge on any atom is -0.375 e. The van der Waals surface area contributed by atoms with Crippen molar-refractivity contribution in [3.8, 4) is 0 Å². The Morgan fingerprint density at radius 1 is 1.47 bits per heavy atom. The summed E-state index contributed by atoms with van der Waals surface area (Å²) in [5.41, 5.74) is 0. The maximum absolute atomic E-state index is 12.1. The molecule has 0 bridgehead atoms. The quantitative estimate of drug-likeness (QED) is 0.710. The largest absolute Gasteiger partial charge is 0.375 e. The predicted molar refractivity (Wildman–Crippen MR) is 75.4 cm³/mol. The number of nitrogens with zero attached hydrogens (tertiary/aromatic N) is 1. The normalized spacial score (nSPS) is 18.3. The van der Waals surface area contributed by atoms with E-state index >= 15 is 0 Å². The van der Waals surface area contributed by atoms with E-state index in [-0.39, 0.29) is 36.9 Å². The second-order valence-electron chi connectivity index (χ2n) is 4.39. The smallest absolute Gasteiger partial charge is 0.239 e. The molecular formula is C12H24ClN3O3. The van der Waals surface area contributed by atoms with Crippen LogP contribution in [0, 0.1) is 0 Å². The fourth-order valence-corrected chi connectivity index (χ4v) is 1.89. The molecule has 0 aromatic carbocycles. The van der Waals surface area contributed by atoms with Crippen molar-refractivity contribution >= 4 is 24.2 Å². The number of likely N-dealkylation sites (N-methyl/N-ethyl adjacent to an activating group) is 1. The molecule has 0 aliphatic carbocycles. The number of morpholine rings is 1. The van der Waals surface area contributed by atoms with Crippen LogP contribution in [0.5, 0.6) is 0 Å². The third-order valence-corrected chi connectivity index (χ3v) is 2.87. The number of ether oxygens (including phenoxy) is 1. The van der Waals surface area contributed by atoms with Crippen LogP contribution < -0.4 is 10.6 Å². The molecule has 7 heteroatoms. The summed E-state index contributed by atoms with van der Waals surface area (Å²) in [5.74, 6) is -0.159. The van der Waals surface area contributed by atoms with E-state index in [1.54, 1.807) is 11.9 Å². The summed E-state index contributed by atoms with van der Waals surface area (Å²) in [4.78, 5) is 25.0. The first-order chi connectivity index (χ1) is 8.67. The van der Waals surface area contributed by atoms with E-state index in [0.717, 1.165) is 13.0 Å². The van der Waals surface area contributed by atoms with Gasteiger partial charge in [-0.05, 0) is 6.42 Å². The number of amides is 2. The van der Waals surface area contributed by atoms with Gasteiger partial charge in [0.2, 0.25) is 11.8 Å². The van der Waals surface area contributed by atoms with Gasteiger partial charge in [0.05, 0.1) is 25.7 Å². The molecule has 1 heterocycles. The zero-order chi connectivity index (χ0) is 13.4. The summed E-state index contributed by atoms with van der Waals surface area (Å²) in [6.45, 7) is 4.90. The summed E-state index contributed by atoms with van der Waals surface area (Å²) < 4.78 is 5.50. The van der Waals surface area contributed by atoms with Crippen LogP contribution in [0.25, 0.3) is 0 Å².